The Morgan fingerprint density at radius 2 is 2.32 bits per heavy atom. The lowest BCUT2D eigenvalue weighted by atomic mass is 9.96. The van der Waals surface area contributed by atoms with Crippen molar-refractivity contribution < 1.29 is 14.3 Å². The number of carboxylic acid groups (broad SMARTS) is 1. The van der Waals surface area contributed by atoms with E-state index in [9.17, 15) is 19.1 Å². The molecule has 9 heteroatoms. The first-order chi connectivity index (χ1) is 10.5. The Kier molecular flexibility index (Phi) is 3.06. The van der Waals surface area contributed by atoms with Gasteiger partial charge in [-0.2, -0.15) is 0 Å². The zero-order valence-corrected chi connectivity index (χ0v) is 13.5. The third-order valence-electron chi connectivity index (χ3n) is 4.48. The molecule has 1 saturated heterocycles. The van der Waals surface area contributed by atoms with Crippen molar-refractivity contribution >= 4 is 43.6 Å². The number of aromatic amines is 1. The number of piperidine rings is 1. The van der Waals surface area contributed by atoms with Crippen LogP contribution in [-0.4, -0.2) is 38.3 Å². The van der Waals surface area contributed by atoms with Crippen LogP contribution in [0.4, 0.5) is 9.18 Å². The van der Waals surface area contributed by atoms with Gasteiger partial charge >= 0.3 is 6.09 Å². The molecule has 116 valence electrons. The summed E-state index contributed by atoms with van der Waals surface area (Å²) in [7, 11) is 0. The molecule has 1 amide bonds. The first-order valence-electron chi connectivity index (χ1n) is 6.80. The molecule has 0 unspecified atom stereocenters. The van der Waals surface area contributed by atoms with Gasteiger partial charge in [0.15, 0.2) is 0 Å². The second-order valence-electron chi connectivity index (χ2n) is 5.66. The fourth-order valence-electron chi connectivity index (χ4n) is 3.66. The SMILES string of the molecule is O=C(O)N1[C@@H]2C[C@@H]([C@H](F)C2)[C@H]1c1nc2cc(Br)sc2c(=O)[nH]1. The van der Waals surface area contributed by atoms with Gasteiger partial charge in [-0.05, 0) is 34.8 Å². The number of halogens is 2. The van der Waals surface area contributed by atoms with E-state index in [1.165, 1.54) is 16.2 Å². The summed E-state index contributed by atoms with van der Waals surface area (Å²) < 4.78 is 15.3. The summed E-state index contributed by atoms with van der Waals surface area (Å²) in [6, 6.07) is 0.656. The quantitative estimate of drug-likeness (QED) is 0.787. The van der Waals surface area contributed by atoms with Gasteiger partial charge in [0.05, 0.1) is 15.3 Å². The Labute approximate surface area is 136 Å². The van der Waals surface area contributed by atoms with E-state index in [0.717, 1.165) is 3.79 Å². The lowest BCUT2D eigenvalue weighted by Crippen LogP contribution is -2.43. The number of rotatable bonds is 1. The molecule has 1 saturated carbocycles. The van der Waals surface area contributed by atoms with Crippen molar-refractivity contribution in [2.75, 3.05) is 0 Å². The molecule has 22 heavy (non-hydrogen) atoms. The van der Waals surface area contributed by atoms with Gasteiger partial charge in [-0.15, -0.1) is 11.3 Å². The Morgan fingerprint density at radius 3 is 3.05 bits per heavy atom. The number of likely N-dealkylation sites (tertiary alicyclic amines) is 1. The molecule has 2 bridgehead atoms. The molecule has 1 aliphatic heterocycles. The zero-order valence-electron chi connectivity index (χ0n) is 11.1. The van der Waals surface area contributed by atoms with E-state index >= 15 is 0 Å². The highest BCUT2D eigenvalue weighted by Gasteiger charge is 2.55. The van der Waals surface area contributed by atoms with Crippen molar-refractivity contribution in [1.82, 2.24) is 14.9 Å². The van der Waals surface area contributed by atoms with Crippen LogP contribution in [0.2, 0.25) is 0 Å². The minimum Gasteiger partial charge on any atom is -0.465 e. The maximum Gasteiger partial charge on any atom is 0.408 e. The number of alkyl halides is 1. The van der Waals surface area contributed by atoms with Crippen LogP contribution in [0.1, 0.15) is 24.7 Å². The number of hydrogen-bond donors (Lipinski definition) is 2. The molecular formula is C13H11BrFN3O3S. The molecule has 2 aromatic rings. The molecular weight excluding hydrogens is 377 g/mol. The lowest BCUT2D eigenvalue weighted by Gasteiger charge is -2.33. The van der Waals surface area contributed by atoms with E-state index in [0.29, 0.717) is 16.6 Å². The highest BCUT2D eigenvalue weighted by molar-refractivity contribution is 9.11. The number of carbonyl (C=O) groups is 1. The van der Waals surface area contributed by atoms with Gasteiger partial charge in [0.25, 0.3) is 5.56 Å². The number of nitrogens with zero attached hydrogens (tertiary/aromatic N) is 2. The van der Waals surface area contributed by atoms with Crippen LogP contribution in [0.5, 0.6) is 0 Å². The van der Waals surface area contributed by atoms with Crippen molar-refractivity contribution in [2.24, 2.45) is 5.92 Å². The van der Waals surface area contributed by atoms with Crippen LogP contribution in [0.15, 0.2) is 14.6 Å². The Balaban J connectivity index is 1.86. The van der Waals surface area contributed by atoms with Gasteiger partial charge in [-0.3, -0.25) is 9.69 Å². The molecule has 4 rings (SSSR count). The highest BCUT2D eigenvalue weighted by atomic mass is 79.9. The number of H-pyrrole nitrogens is 1. The topological polar surface area (TPSA) is 86.3 Å². The minimum atomic E-state index is -1.10. The smallest absolute Gasteiger partial charge is 0.408 e. The molecule has 3 heterocycles. The predicted molar refractivity (Wildman–Crippen MR) is 82.0 cm³/mol. The molecule has 1 aliphatic carbocycles. The van der Waals surface area contributed by atoms with Crippen molar-refractivity contribution in [3.8, 4) is 0 Å². The Bertz CT molecular complexity index is 838. The maximum absolute atomic E-state index is 14.1. The van der Waals surface area contributed by atoms with Crippen LogP contribution in [0.3, 0.4) is 0 Å². The Hall–Kier alpha value is -1.48. The number of hydrogen-bond acceptors (Lipinski definition) is 4. The summed E-state index contributed by atoms with van der Waals surface area (Å²) in [5, 5.41) is 9.42. The van der Waals surface area contributed by atoms with E-state index in [4.69, 9.17) is 0 Å². The summed E-state index contributed by atoms with van der Waals surface area (Å²) in [5.41, 5.74) is 0.179. The van der Waals surface area contributed by atoms with Gasteiger partial charge in [-0.1, -0.05) is 0 Å². The van der Waals surface area contributed by atoms with Crippen molar-refractivity contribution in [2.45, 2.75) is 31.1 Å². The van der Waals surface area contributed by atoms with Crippen LogP contribution in [0.25, 0.3) is 10.2 Å². The number of thiophene rings is 1. The average Bonchev–Trinajstić information content (AvgIpc) is 3.08. The highest BCUT2D eigenvalue weighted by Crippen LogP contribution is 2.50. The largest absolute Gasteiger partial charge is 0.465 e. The zero-order chi connectivity index (χ0) is 15.6. The fraction of sp³-hybridized carbons (Fsp3) is 0.462. The number of amides is 1. The third kappa shape index (κ3) is 1.91. The van der Waals surface area contributed by atoms with Gasteiger partial charge < -0.3 is 10.1 Å². The summed E-state index contributed by atoms with van der Waals surface area (Å²) >= 11 is 4.56. The van der Waals surface area contributed by atoms with E-state index in [-0.39, 0.29) is 23.8 Å². The molecule has 0 radical (unpaired) electrons. The van der Waals surface area contributed by atoms with Crippen molar-refractivity contribution in [1.29, 1.82) is 0 Å². The van der Waals surface area contributed by atoms with Crippen LogP contribution >= 0.6 is 27.3 Å². The molecule has 2 aromatic heterocycles. The number of nitrogens with one attached hydrogen (secondary N) is 1. The first-order valence-corrected chi connectivity index (χ1v) is 8.41. The average molecular weight is 388 g/mol. The molecule has 2 fully saturated rings. The summed E-state index contributed by atoms with van der Waals surface area (Å²) in [6.07, 6.45) is -1.45. The molecule has 2 N–H and O–H groups in total. The minimum absolute atomic E-state index is 0.226. The molecule has 0 spiro atoms. The van der Waals surface area contributed by atoms with E-state index in [2.05, 4.69) is 25.9 Å². The summed E-state index contributed by atoms with van der Waals surface area (Å²) in [6.45, 7) is 0. The monoisotopic (exact) mass is 387 g/mol. The van der Waals surface area contributed by atoms with Gasteiger partial charge in [-0.25, -0.2) is 14.2 Å². The fourth-order valence-corrected chi connectivity index (χ4v) is 5.08. The van der Waals surface area contributed by atoms with Crippen LogP contribution < -0.4 is 5.56 Å². The second kappa shape index (κ2) is 4.76. The number of fused-ring (bicyclic) bond motifs is 3. The van der Waals surface area contributed by atoms with E-state index in [1.54, 1.807) is 6.07 Å². The number of aromatic nitrogens is 2. The van der Waals surface area contributed by atoms with Gasteiger partial charge in [0.2, 0.25) is 0 Å². The molecule has 4 atom stereocenters. The maximum atomic E-state index is 14.1. The molecule has 0 aromatic carbocycles. The molecule has 2 aliphatic rings. The normalized spacial score (nSPS) is 30.4. The predicted octanol–water partition coefficient (Wildman–Crippen LogP) is 2.90. The molecule has 6 nitrogen and oxygen atoms in total. The summed E-state index contributed by atoms with van der Waals surface area (Å²) in [4.78, 5) is 31.9. The van der Waals surface area contributed by atoms with E-state index < -0.39 is 24.2 Å². The van der Waals surface area contributed by atoms with E-state index in [1.807, 2.05) is 0 Å². The first kappa shape index (κ1) is 14.1. The lowest BCUT2D eigenvalue weighted by molar-refractivity contribution is 0.0691. The van der Waals surface area contributed by atoms with Crippen molar-refractivity contribution in [3.05, 3.63) is 26.0 Å². The van der Waals surface area contributed by atoms with Crippen LogP contribution in [0, 0.1) is 5.92 Å². The van der Waals surface area contributed by atoms with Gasteiger partial charge in [0, 0.05) is 12.0 Å². The van der Waals surface area contributed by atoms with Crippen LogP contribution in [-0.2, 0) is 0 Å². The Morgan fingerprint density at radius 1 is 1.55 bits per heavy atom. The standard InChI is InChI=1S/C13H11BrFN3O3S/c14-8-3-7-10(22-8)12(19)17-11(16-7)9-5-1-4(2-6(5)15)18(9)13(20)21/h3-6,9H,1-2H2,(H,20,21)(H,16,17,19)/t4-,5+,6-,9+/m1/s1. The second-order valence-corrected chi connectivity index (χ2v) is 8.09. The summed E-state index contributed by atoms with van der Waals surface area (Å²) in [5.74, 6) is -0.205. The third-order valence-corrected chi connectivity index (χ3v) is 6.10. The van der Waals surface area contributed by atoms with Gasteiger partial charge in [0.1, 0.15) is 16.7 Å². The van der Waals surface area contributed by atoms with Crippen molar-refractivity contribution in [3.63, 3.8) is 0 Å².